The summed E-state index contributed by atoms with van der Waals surface area (Å²) in [6, 6.07) is 0. The lowest BCUT2D eigenvalue weighted by molar-refractivity contribution is 0.323. The Bertz CT molecular complexity index is 61.1. The molecule has 0 saturated carbocycles. The molecule has 0 aromatic rings. The lowest BCUT2D eigenvalue weighted by Crippen LogP contribution is -2.13. The molecule has 0 amide bonds. The molecule has 0 bridgehead atoms. The van der Waals surface area contributed by atoms with E-state index >= 15 is 0 Å². The van der Waals surface area contributed by atoms with Crippen molar-refractivity contribution in [1.82, 2.24) is 5.32 Å². The summed E-state index contributed by atoms with van der Waals surface area (Å²) in [5.74, 6) is 0. The third-order valence-corrected chi connectivity index (χ3v) is 0.618. The van der Waals surface area contributed by atoms with Gasteiger partial charge in [0.2, 0.25) is 0 Å². The first kappa shape index (κ1) is 6.50. The van der Waals surface area contributed by atoms with Crippen LogP contribution in [0.1, 0.15) is 6.92 Å². The second kappa shape index (κ2) is 3.68. The zero-order chi connectivity index (χ0) is 5.70. The zero-order valence-electron chi connectivity index (χ0n) is 4.57. The van der Waals surface area contributed by atoms with Gasteiger partial charge < -0.3 is 10.4 Å². The molecule has 0 radical (unpaired) electrons. The number of nitrogens with one attached hydrogen (secondary N) is 1. The van der Waals surface area contributed by atoms with Crippen LogP contribution >= 0.6 is 0 Å². The average molecular weight is 101 g/mol. The molecule has 0 heterocycles. The van der Waals surface area contributed by atoms with Crippen LogP contribution in [0.2, 0.25) is 0 Å². The van der Waals surface area contributed by atoms with Gasteiger partial charge in [0.05, 0.1) is 6.61 Å². The summed E-state index contributed by atoms with van der Waals surface area (Å²) < 4.78 is 0. The maximum absolute atomic E-state index is 8.30. The highest BCUT2D eigenvalue weighted by molar-refractivity contribution is 4.88. The molecule has 0 unspecified atom stereocenters. The number of likely N-dealkylation sites (N-methyl/N-ethyl adjacent to an activating group) is 1. The second-order valence-corrected chi connectivity index (χ2v) is 1.29. The van der Waals surface area contributed by atoms with Crippen molar-refractivity contribution >= 4 is 0 Å². The Labute approximate surface area is 43.9 Å². The number of aliphatic hydroxyl groups is 1. The van der Waals surface area contributed by atoms with Gasteiger partial charge in [0, 0.05) is 12.2 Å². The molecule has 42 valence electrons. The van der Waals surface area contributed by atoms with Gasteiger partial charge in [-0.05, 0) is 6.92 Å². The van der Waals surface area contributed by atoms with Gasteiger partial charge in [0.25, 0.3) is 0 Å². The Balaban J connectivity index is 3.00. The van der Waals surface area contributed by atoms with E-state index in [9.17, 15) is 0 Å². The van der Waals surface area contributed by atoms with E-state index in [4.69, 9.17) is 5.11 Å². The monoisotopic (exact) mass is 101 g/mol. The fourth-order valence-corrected chi connectivity index (χ4v) is 0.306. The molecule has 0 aliphatic rings. The highest BCUT2D eigenvalue weighted by Gasteiger charge is 1.81. The molecule has 0 aliphatic carbocycles. The van der Waals surface area contributed by atoms with Crippen LogP contribution in [0.4, 0.5) is 0 Å². The van der Waals surface area contributed by atoms with Crippen molar-refractivity contribution in [3.05, 3.63) is 12.3 Å². The molecule has 0 saturated heterocycles. The predicted octanol–water partition coefficient (Wildman–Crippen LogP) is 0.102. The third kappa shape index (κ3) is 3.33. The van der Waals surface area contributed by atoms with E-state index in [0.717, 1.165) is 6.54 Å². The highest BCUT2D eigenvalue weighted by atomic mass is 16.3. The first-order chi connectivity index (χ1) is 3.31. The summed E-state index contributed by atoms with van der Waals surface area (Å²) in [7, 11) is 0. The predicted molar refractivity (Wildman–Crippen MR) is 29.9 cm³/mol. The van der Waals surface area contributed by atoms with Crippen LogP contribution in [0.25, 0.3) is 0 Å². The molecule has 2 N–H and O–H groups in total. The SMILES string of the molecule is C=C(CO)NCC. The first-order valence-corrected chi connectivity index (χ1v) is 2.33. The topological polar surface area (TPSA) is 32.3 Å². The Kier molecular flexibility index (Phi) is 3.42. The largest absolute Gasteiger partial charge is 0.390 e. The van der Waals surface area contributed by atoms with Crippen molar-refractivity contribution in [3.8, 4) is 0 Å². The minimum Gasteiger partial charge on any atom is -0.390 e. The summed E-state index contributed by atoms with van der Waals surface area (Å²) in [6.07, 6.45) is 0. The fourth-order valence-electron chi connectivity index (χ4n) is 0.306. The van der Waals surface area contributed by atoms with Gasteiger partial charge in [0.1, 0.15) is 0 Å². The van der Waals surface area contributed by atoms with Gasteiger partial charge >= 0.3 is 0 Å². The summed E-state index contributed by atoms with van der Waals surface area (Å²) in [5.41, 5.74) is 0.683. The van der Waals surface area contributed by atoms with Crippen molar-refractivity contribution in [2.24, 2.45) is 0 Å². The Hall–Kier alpha value is -0.500. The van der Waals surface area contributed by atoms with Crippen molar-refractivity contribution in [2.45, 2.75) is 6.92 Å². The second-order valence-electron chi connectivity index (χ2n) is 1.29. The van der Waals surface area contributed by atoms with E-state index in [1.165, 1.54) is 0 Å². The van der Waals surface area contributed by atoms with Gasteiger partial charge in [-0.15, -0.1) is 0 Å². The van der Waals surface area contributed by atoms with Crippen LogP contribution in [0.5, 0.6) is 0 Å². The van der Waals surface area contributed by atoms with E-state index in [2.05, 4.69) is 11.9 Å². The zero-order valence-corrected chi connectivity index (χ0v) is 4.57. The van der Waals surface area contributed by atoms with Crippen molar-refractivity contribution in [1.29, 1.82) is 0 Å². The Morgan fingerprint density at radius 1 is 1.86 bits per heavy atom. The number of hydrogen-bond donors (Lipinski definition) is 2. The third-order valence-electron chi connectivity index (χ3n) is 0.618. The quantitative estimate of drug-likeness (QED) is 0.528. The Morgan fingerprint density at radius 2 is 2.43 bits per heavy atom. The van der Waals surface area contributed by atoms with E-state index in [1.54, 1.807) is 0 Å². The summed E-state index contributed by atoms with van der Waals surface area (Å²) >= 11 is 0. The normalized spacial score (nSPS) is 8.29. The standard InChI is InChI=1S/C5H11NO/c1-3-6-5(2)4-7/h6-7H,2-4H2,1H3. The van der Waals surface area contributed by atoms with Crippen LogP contribution in [0.3, 0.4) is 0 Å². The molecular weight excluding hydrogens is 90.1 g/mol. The van der Waals surface area contributed by atoms with Gasteiger partial charge in [-0.1, -0.05) is 6.58 Å². The Morgan fingerprint density at radius 3 is 2.57 bits per heavy atom. The maximum Gasteiger partial charge on any atom is 0.0821 e. The van der Waals surface area contributed by atoms with Crippen LogP contribution in [-0.2, 0) is 0 Å². The first-order valence-electron chi connectivity index (χ1n) is 2.33. The van der Waals surface area contributed by atoms with E-state index in [-0.39, 0.29) is 6.61 Å². The summed E-state index contributed by atoms with van der Waals surface area (Å²) in [4.78, 5) is 0. The molecule has 0 atom stereocenters. The van der Waals surface area contributed by atoms with Crippen LogP contribution in [-0.4, -0.2) is 18.3 Å². The van der Waals surface area contributed by atoms with Crippen LogP contribution < -0.4 is 5.32 Å². The van der Waals surface area contributed by atoms with Gasteiger partial charge in [-0.25, -0.2) is 0 Å². The maximum atomic E-state index is 8.30. The summed E-state index contributed by atoms with van der Waals surface area (Å²) in [6.45, 7) is 6.33. The molecule has 0 aromatic carbocycles. The molecule has 2 nitrogen and oxygen atoms in total. The molecule has 0 aromatic heterocycles. The molecule has 0 rings (SSSR count). The van der Waals surface area contributed by atoms with Crippen LogP contribution in [0.15, 0.2) is 12.3 Å². The summed E-state index contributed by atoms with van der Waals surface area (Å²) in [5, 5.41) is 11.2. The highest BCUT2D eigenvalue weighted by Crippen LogP contribution is 1.75. The lowest BCUT2D eigenvalue weighted by atomic mass is 10.5. The van der Waals surface area contributed by atoms with E-state index in [1.807, 2.05) is 6.92 Å². The van der Waals surface area contributed by atoms with Gasteiger partial charge in [-0.2, -0.15) is 0 Å². The van der Waals surface area contributed by atoms with Gasteiger partial charge in [0.15, 0.2) is 0 Å². The molecular formula is C5H11NO. The number of aliphatic hydroxyl groups excluding tert-OH is 1. The number of hydrogen-bond acceptors (Lipinski definition) is 2. The van der Waals surface area contributed by atoms with Crippen molar-refractivity contribution in [2.75, 3.05) is 13.2 Å². The van der Waals surface area contributed by atoms with Crippen molar-refractivity contribution in [3.63, 3.8) is 0 Å². The number of rotatable bonds is 3. The van der Waals surface area contributed by atoms with Gasteiger partial charge in [-0.3, -0.25) is 0 Å². The smallest absolute Gasteiger partial charge is 0.0821 e. The lowest BCUT2D eigenvalue weighted by Gasteiger charge is -1.99. The molecule has 7 heavy (non-hydrogen) atoms. The average Bonchev–Trinajstić information content (AvgIpc) is 1.68. The molecule has 0 fully saturated rings. The van der Waals surface area contributed by atoms with E-state index < -0.39 is 0 Å². The molecule has 2 heteroatoms. The fraction of sp³-hybridized carbons (Fsp3) is 0.600. The minimum atomic E-state index is 0.0356. The van der Waals surface area contributed by atoms with Crippen molar-refractivity contribution < 1.29 is 5.11 Å². The van der Waals surface area contributed by atoms with Crippen LogP contribution in [0, 0.1) is 0 Å². The van der Waals surface area contributed by atoms with E-state index in [0.29, 0.717) is 5.70 Å². The molecule has 0 spiro atoms. The minimum absolute atomic E-state index is 0.0356. The molecule has 0 aliphatic heterocycles.